The van der Waals surface area contributed by atoms with Gasteiger partial charge in [0.15, 0.2) is 0 Å². The quantitative estimate of drug-likeness (QED) is 0.0992. The van der Waals surface area contributed by atoms with Crippen LogP contribution in [0.3, 0.4) is 0 Å². The normalized spacial score (nSPS) is 10.9. The van der Waals surface area contributed by atoms with Crippen molar-refractivity contribution < 1.29 is 19.5 Å². The molecule has 6 nitrogen and oxygen atoms in total. The van der Waals surface area contributed by atoms with Gasteiger partial charge in [0.25, 0.3) is 0 Å². The van der Waals surface area contributed by atoms with E-state index in [1.807, 2.05) is 93.0 Å². The summed E-state index contributed by atoms with van der Waals surface area (Å²) in [6, 6.07) is 45.1. The van der Waals surface area contributed by atoms with E-state index in [-0.39, 0.29) is 19.5 Å². The molecule has 0 fully saturated rings. The molecule has 0 aliphatic carbocycles. The average molecular weight is 757 g/mol. The molecule has 4 aromatic carbocycles. The summed E-state index contributed by atoms with van der Waals surface area (Å²) in [5.74, 6) is 2.15. The van der Waals surface area contributed by atoms with Crippen molar-refractivity contribution in [3.8, 4) is 22.8 Å². The number of nitrogens with zero attached hydrogens (tertiary/aromatic N) is 6. The number of benzene rings is 4. The fraction of sp³-hybridized carbons (Fsp3) is 0.0476. The molecule has 0 amide bonds. The number of hydrogen-bond acceptors (Lipinski definition) is 4. The molecular formula is C42H36N6PRu+. The second-order valence-corrected chi connectivity index (χ2v) is 14.5. The Morgan fingerprint density at radius 3 is 1.34 bits per heavy atom. The van der Waals surface area contributed by atoms with E-state index in [1.165, 1.54) is 21.4 Å². The molecule has 0 atom stereocenters. The molecule has 0 aliphatic heterocycles. The molecule has 0 spiro atoms. The van der Waals surface area contributed by atoms with Crippen LogP contribution in [0.1, 0.15) is 11.4 Å². The summed E-state index contributed by atoms with van der Waals surface area (Å²) in [4.78, 5) is 8.78. The van der Waals surface area contributed by atoms with Gasteiger partial charge in [-0.1, -0.05) is 114 Å². The van der Waals surface area contributed by atoms with Crippen molar-refractivity contribution >= 4 is 39.4 Å². The van der Waals surface area contributed by atoms with E-state index in [0.29, 0.717) is 0 Å². The minimum absolute atomic E-state index is 0. The van der Waals surface area contributed by atoms with E-state index >= 15 is 0 Å². The van der Waals surface area contributed by atoms with Crippen LogP contribution < -0.4 is 20.8 Å². The molecular weight excluding hydrogens is 721 g/mol. The third-order valence-corrected chi connectivity index (χ3v) is 11.1. The molecule has 0 saturated heterocycles. The van der Waals surface area contributed by atoms with Crippen LogP contribution in [0.4, 0.5) is 0 Å². The van der Waals surface area contributed by atoms with E-state index in [0.717, 1.165) is 44.9 Å². The summed E-state index contributed by atoms with van der Waals surface area (Å²) in [5.41, 5.74) is 5.33. The molecule has 50 heavy (non-hydrogen) atoms. The van der Waals surface area contributed by atoms with E-state index < -0.39 is 7.26 Å². The van der Waals surface area contributed by atoms with Crippen molar-refractivity contribution in [1.29, 1.82) is 0 Å². The molecule has 8 aromatic rings. The Morgan fingerprint density at radius 1 is 0.560 bits per heavy atom. The predicted octanol–water partition coefficient (Wildman–Crippen LogP) is 8.92. The van der Waals surface area contributed by atoms with Crippen molar-refractivity contribution in [1.82, 2.24) is 30.4 Å². The molecule has 0 radical (unpaired) electrons. The Hall–Kier alpha value is -5.22. The van der Waals surface area contributed by atoms with Crippen molar-refractivity contribution in [3.63, 3.8) is 0 Å². The zero-order valence-electron chi connectivity index (χ0n) is 27.9. The molecule has 0 N–H and O–H groups in total. The van der Waals surface area contributed by atoms with Gasteiger partial charge in [0.1, 0.15) is 0 Å². The van der Waals surface area contributed by atoms with E-state index in [4.69, 9.17) is 0 Å². The van der Waals surface area contributed by atoms with Gasteiger partial charge < -0.3 is 20.4 Å². The van der Waals surface area contributed by atoms with E-state index in [1.54, 1.807) is 0 Å². The minimum atomic E-state index is -1.67. The van der Waals surface area contributed by atoms with Crippen LogP contribution in [0.25, 0.3) is 44.3 Å². The number of pyridine rings is 2. The number of aromatic nitrogens is 6. The summed E-state index contributed by atoms with van der Waals surface area (Å²) >= 11 is 0. The first-order valence-electron chi connectivity index (χ1n) is 15.9. The summed E-state index contributed by atoms with van der Waals surface area (Å²) < 4.78 is 0. The standard InChI is InChI=1S/C16H16P.2C13H10N3.Ru/c1-3-14-17(2,15-10-6-4-7-11-15)16-12-8-5-9-13-16;2*1-9-8-12(16-15-9)13-11-5-3-2-4-10(11)6-7-14-13;/h3-14H,1-2H2;2*2-8H,1H3;/q3*-1;+4/b14-3-;;;. The summed E-state index contributed by atoms with van der Waals surface area (Å²) in [6.45, 7) is 12.2. The predicted molar refractivity (Wildman–Crippen MR) is 205 cm³/mol. The second-order valence-electron chi connectivity index (χ2n) is 11.4. The second kappa shape index (κ2) is 16.9. The number of allylic oxidation sites excluding steroid dienone is 1. The van der Waals surface area contributed by atoms with Gasteiger partial charge >= 0.3 is 19.5 Å². The molecule has 0 saturated carbocycles. The topological polar surface area (TPSA) is 79.8 Å². The molecule has 0 bridgehead atoms. The van der Waals surface area contributed by atoms with Gasteiger partial charge in [0.2, 0.25) is 0 Å². The Morgan fingerprint density at radius 2 is 0.960 bits per heavy atom. The van der Waals surface area contributed by atoms with Crippen LogP contribution in [-0.4, -0.2) is 20.2 Å². The molecule has 4 heterocycles. The van der Waals surface area contributed by atoms with Crippen LogP contribution in [0, 0.1) is 27.4 Å². The zero-order valence-corrected chi connectivity index (χ0v) is 30.5. The Labute approximate surface area is 307 Å². The number of rotatable bonds is 5. The Bertz CT molecular complexity index is 2130. The Balaban J connectivity index is 0.000000144. The van der Waals surface area contributed by atoms with Crippen molar-refractivity contribution in [2.45, 2.75) is 13.8 Å². The molecule has 4 aromatic heterocycles. The van der Waals surface area contributed by atoms with Crippen LogP contribution in [-0.2, 0) is 19.5 Å². The van der Waals surface area contributed by atoms with Gasteiger partial charge in [-0.25, -0.2) is 6.92 Å². The molecule has 8 rings (SSSR count). The largest absolute Gasteiger partial charge is 4.00 e. The maximum absolute atomic E-state index is 4.48. The van der Waals surface area contributed by atoms with Gasteiger partial charge in [0, 0.05) is 34.6 Å². The number of hydrogen-bond donors (Lipinski definition) is 0. The fourth-order valence-electron chi connectivity index (χ4n) is 5.54. The first-order chi connectivity index (χ1) is 24.0. The van der Waals surface area contributed by atoms with E-state index in [9.17, 15) is 0 Å². The summed E-state index contributed by atoms with van der Waals surface area (Å²) in [5, 5.41) is 23.4. The van der Waals surface area contributed by atoms with Gasteiger partial charge in [-0.15, -0.1) is 7.26 Å². The van der Waals surface area contributed by atoms with Gasteiger partial charge in [0.05, 0.1) is 22.0 Å². The van der Waals surface area contributed by atoms with Crippen LogP contribution in [0.2, 0.25) is 0 Å². The maximum atomic E-state index is 4.48. The van der Waals surface area contributed by atoms with Crippen LogP contribution in [0.15, 0.2) is 158 Å². The zero-order chi connectivity index (χ0) is 34.1. The van der Waals surface area contributed by atoms with Crippen LogP contribution >= 0.6 is 7.26 Å². The maximum Gasteiger partial charge on any atom is 4.00 e. The average Bonchev–Trinajstić information content (AvgIpc) is 3.80. The smallest absolute Gasteiger partial charge is 0.573 e. The van der Waals surface area contributed by atoms with Gasteiger partial charge in [-0.2, -0.15) is 12.7 Å². The van der Waals surface area contributed by atoms with Crippen molar-refractivity contribution in [2.75, 3.05) is 0 Å². The van der Waals surface area contributed by atoms with Gasteiger partial charge in [-0.05, 0) is 61.0 Å². The first kappa shape index (κ1) is 36.1. The van der Waals surface area contributed by atoms with Gasteiger partial charge in [-0.3, -0.25) is 9.97 Å². The fourth-order valence-corrected chi connectivity index (χ4v) is 7.96. The van der Waals surface area contributed by atoms with E-state index in [2.05, 4.69) is 123 Å². The monoisotopic (exact) mass is 757 g/mol. The summed E-state index contributed by atoms with van der Waals surface area (Å²) in [7, 11) is -1.67. The van der Waals surface area contributed by atoms with Crippen molar-refractivity contribution in [3.05, 3.63) is 183 Å². The third kappa shape index (κ3) is 8.31. The molecule has 0 aliphatic rings. The summed E-state index contributed by atoms with van der Waals surface area (Å²) in [6.07, 6.45) is 5.48. The molecule has 246 valence electrons. The molecule has 0 unspecified atom stereocenters. The number of aryl methyl sites for hydroxylation is 2. The molecule has 8 heteroatoms. The third-order valence-electron chi connectivity index (χ3n) is 7.95. The van der Waals surface area contributed by atoms with Crippen molar-refractivity contribution in [2.24, 2.45) is 0 Å². The number of fused-ring (bicyclic) bond motifs is 2. The van der Waals surface area contributed by atoms with Crippen LogP contribution in [0.5, 0.6) is 0 Å². The SMILES string of the molecule is Cc1cc(-c2nccc3ccccc23)[n-]n1.Cc1cc(-c2nccc3ccccc23)[n-]n1.[CH2-]/C=C\[P+]([CH2-])(c1ccccc1)c1ccccc1.[Ru+4]. The Kier molecular flexibility index (Phi) is 12.2. The minimum Gasteiger partial charge on any atom is -0.573 e. The first-order valence-corrected chi connectivity index (χ1v) is 17.9.